The zero-order valence-corrected chi connectivity index (χ0v) is 13.8. The number of benzene rings is 1. The molecule has 1 aromatic rings. The van der Waals surface area contributed by atoms with E-state index in [1.54, 1.807) is 35.8 Å². The average Bonchev–Trinajstić information content (AvgIpc) is 2.59. The van der Waals surface area contributed by atoms with Gasteiger partial charge < -0.3 is 4.90 Å². The van der Waals surface area contributed by atoms with Crippen LogP contribution in [0.3, 0.4) is 0 Å². The lowest BCUT2D eigenvalue weighted by Gasteiger charge is -2.33. The number of nitrogens with zero attached hydrogens (tertiary/aromatic N) is 2. The van der Waals surface area contributed by atoms with Crippen molar-refractivity contribution in [2.24, 2.45) is 0 Å². The van der Waals surface area contributed by atoms with Gasteiger partial charge in [-0.25, -0.2) is 13.9 Å². The predicted octanol–water partition coefficient (Wildman–Crippen LogP) is 0.669. The Labute approximate surface area is 136 Å². The van der Waals surface area contributed by atoms with Crippen LogP contribution in [0, 0.1) is 0 Å². The van der Waals surface area contributed by atoms with Crippen LogP contribution in [0.5, 0.6) is 0 Å². The third-order valence-corrected chi connectivity index (χ3v) is 5.88. The molecule has 1 aliphatic heterocycles. The quantitative estimate of drug-likeness (QED) is 0.432. The Hall–Kier alpha value is -1.48. The molecule has 2 rings (SSSR count). The van der Waals surface area contributed by atoms with Gasteiger partial charge in [0, 0.05) is 32.6 Å². The van der Waals surface area contributed by atoms with Gasteiger partial charge in [-0.3, -0.25) is 10.0 Å². The zero-order chi connectivity index (χ0) is 16.7. The van der Waals surface area contributed by atoms with Crippen molar-refractivity contribution in [1.29, 1.82) is 0 Å². The standard InChI is InChI=1S/C15H23N3O4S/c19-15(16-20)8-4-5-9-17-10-12-18(13-11-17)23(21,22)14-6-2-1-3-7-14/h1-3,6-7,20H,4-5,8-13H2,(H,16,19). The maximum Gasteiger partial charge on any atom is 0.243 e. The van der Waals surface area contributed by atoms with Crippen LogP contribution in [0.15, 0.2) is 35.2 Å². The maximum absolute atomic E-state index is 12.5. The van der Waals surface area contributed by atoms with Crippen molar-refractivity contribution in [2.75, 3.05) is 32.7 Å². The monoisotopic (exact) mass is 341 g/mol. The molecule has 8 heteroatoms. The Bertz CT molecular complexity index is 598. The second-order valence-corrected chi connectivity index (χ2v) is 7.49. The Balaban J connectivity index is 1.77. The zero-order valence-electron chi connectivity index (χ0n) is 13.0. The third kappa shape index (κ3) is 5.00. The van der Waals surface area contributed by atoms with Crippen LogP contribution in [0.4, 0.5) is 0 Å². The van der Waals surface area contributed by atoms with E-state index in [1.807, 2.05) is 0 Å². The SMILES string of the molecule is O=C(CCCCN1CCN(S(=O)(=O)c2ccccc2)CC1)NO. The summed E-state index contributed by atoms with van der Waals surface area (Å²) in [4.78, 5) is 13.4. The lowest BCUT2D eigenvalue weighted by molar-refractivity contribution is -0.129. The molecule has 1 saturated heterocycles. The number of hydrogen-bond donors (Lipinski definition) is 2. The van der Waals surface area contributed by atoms with Gasteiger partial charge in [0.1, 0.15) is 0 Å². The van der Waals surface area contributed by atoms with Crippen LogP contribution in [0.25, 0.3) is 0 Å². The summed E-state index contributed by atoms with van der Waals surface area (Å²) in [5, 5.41) is 8.41. The number of hydroxylamine groups is 1. The fraction of sp³-hybridized carbons (Fsp3) is 0.533. The van der Waals surface area contributed by atoms with Crippen LogP contribution in [0.1, 0.15) is 19.3 Å². The van der Waals surface area contributed by atoms with Gasteiger partial charge in [-0.05, 0) is 31.5 Å². The molecule has 0 atom stereocenters. The Morgan fingerprint density at radius 1 is 1.09 bits per heavy atom. The number of rotatable bonds is 7. The number of nitrogens with one attached hydrogen (secondary N) is 1. The van der Waals surface area contributed by atoms with Crippen LogP contribution >= 0.6 is 0 Å². The van der Waals surface area contributed by atoms with E-state index in [4.69, 9.17) is 5.21 Å². The highest BCUT2D eigenvalue weighted by atomic mass is 32.2. The first-order chi connectivity index (χ1) is 11.0. The molecular weight excluding hydrogens is 318 g/mol. The number of unbranched alkanes of at least 4 members (excludes halogenated alkanes) is 1. The summed E-state index contributed by atoms with van der Waals surface area (Å²) in [6.07, 6.45) is 1.85. The van der Waals surface area contributed by atoms with Gasteiger partial charge >= 0.3 is 0 Å². The molecule has 23 heavy (non-hydrogen) atoms. The summed E-state index contributed by atoms with van der Waals surface area (Å²) in [7, 11) is -3.40. The highest BCUT2D eigenvalue weighted by Gasteiger charge is 2.27. The first kappa shape index (κ1) is 17.9. The predicted molar refractivity (Wildman–Crippen MR) is 85.4 cm³/mol. The van der Waals surface area contributed by atoms with Crippen molar-refractivity contribution >= 4 is 15.9 Å². The van der Waals surface area contributed by atoms with Gasteiger partial charge in [-0.1, -0.05) is 18.2 Å². The lowest BCUT2D eigenvalue weighted by atomic mass is 10.2. The van der Waals surface area contributed by atoms with E-state index in [2.05, 4.69) is 4.90 Å². The van der Waals surface area contributed by atoms with Crippen molar-refractivity contribution in [3.05, 3.63) is 30.3 Å². The highest BCUT2D eigenvalue weighted by molar-refractivity contribution is 7.89. The van der Waals surface area contributed by atoms with Crippen molar-refractivity contribution in [3.8, 4) is 0 Å². The van der Waals surface area contributed by atoms with E-state index in [-0.39, 0.29) is 5.91 Å². The fourth-order valence-electron chi connectivity index (χ4n) is 2.61. The maximum atomic E-state index is 12.5. The Morgan fingerprint density at radius 2 is 1.74 bits per heavy atom. The number of piperazine rings is 1. The highest BCUT2D eigenvalue weighted by Crippen LogP contribution is 2.17. The van der Waals surface area contributed by atoms with Gasteiger partial charge in [0.05, 0.1) is 4.90 Å². The van der Waals surface area contributed by atoms with Crippen LogP contribution < -0.4 is 5.48 Å². The van der Waals surface area contributed by atoms with Gasteiger partial charge in [0.15, 0.2) is 0 Å². The molecule has 0 spiro atoms. The summed E-state index contributed by atoms with van der Waals surface area (Å²) in [6, 6.07) is 8.49. The Kier molecular flexibility index (Phi) is 6.52. The summed E-state index contributed by atoms with van der Waals surface area (Å²) in [6.45, 7) is 3.18. The largest absolute Gasteiger partial charge is 0.301 e. The third-order valence-electron chi connectivity index (χ3n) is 3.97. The lowest BCUT2D eigenvalue weighted by Crippen LogP contribution is -2.48. The molecule has 1 aromatic carbocycles. The van der Waals surface area contributed by atoms with Crippen molar-refractivity contribution < 1.29 is 18.4 Å². The van der Waals surface area contributed by atoms with E-state index in [0.29, 0.717) is 43.9 Å². The van der Waals surface area contributed by atoms with Gasteiger partial charge in [0.25, 0.3) is 0 Å². The van der Waals surface area contributed by atoms with Gasteiger partial charge in [-0.15, -0.1) is 0 Å². The van der Waals surface area contributed by atoms with E-state index in [0.717, 1.165) is 13.0 Å². The molecular formula is C15H23N3O4S. The molecule has 1 heterocycles. The summed E-state index contributed by atoms with van der Waals surface area (Å²) in [5.74, 6) is -0.372. The van der Waals surface area contributed by atoms with Crippen LogP contribution in [-0.2, 0) is 14.8 Å². The average molecular weight is 341 g/mol. The van der Waals surface area contributed by atoms with Crippen molar-refractivity contribution in [2.45, 2.75) is 24.2 Å². The number of carbonyl (C=O) groups is 1. The summed E-state index contributed by atoms with van der Waals surface area (Å²) < 4.78 is 26.5. The number of amides is 1. The van der Waals surface area contributed by atoms with Crippen molar-refractivity contribution in [1.82, 2.24) is 14.7 Å². The molecule has 2 N–H and O–H groups in total. The molecule has 0 unspecified atom stereocenters. The smallest absolute Gasteiger partial charge is 0.243 e. The molecule has 1 fully saturated rings. The number of carbonyl (C=O) groups excluding carboxylic acids is 1. The normalized spacial score (nSPS) is 17.1. The van der Waals surface area contributed by atoms with E-state index in [9.17, 15) is 13.2 Å². The van der Waals surface area contributed by atoms with Crippen LogP contribution in [0.2, 0.25) is 0 Å². The summed E-state index contributed by atoms with van der Waals surface area (Å²) in [5.41, 5.74) is 1.62. The number of hydrogen-bond acceptors (Lipinski definition) is 5. The second kappa shape index (κ2) is 8.39. The first-order valence-corrected chi connectivity index (χ1v) is 9.18. The van der Waals surface area contributed by atoms with E-state index in [1.165, 1.54) is 4.31 Å². The fourth-order valence-corrected chi connectivity index (χ4v) is 4.06. The molecule has 0 saturated carbocycles. The minimum Gasteiger partial charge on any atom is -0.301 e. The minimum atomic E-state index is -3.40. The molecule has 7 nitrogen and oxygen atoms in total. The molecule has 1 amide bonds. The second-order valence-electron chi connectivity index (χ2n) is 5.55. The Morgan fingerprint density at radius 3 is 2.35 bits per heavy atom. The molecule has 0 aliphatic carbocycles. The first-order valence-electron chi connectivity index (χ1n) is 7.74. The van der Waals surface area contributed by atoms with Crippen molar-refractivity contribution in [3.63, 3.8) is 0 Å². The molecule has 0 radical (unpaired) electrons. The topological polar surface area (TPSA) is 90.0 Å². The molecule has 0 bridgehead atoms. The summed E-state index contributed by atoms with van der Waals surface area (Å²) >= 11 is 0. The van der Waals surface area contributed by atoms with Crippen LogP contribution in [-0.4, -0.2) is 61.5 Å². The molecule has 0 aromatic heterocycles. The van der Waals surface area contributed by atoms with E-state index < -0.39 is 10.0 Å². The van der Waals surface area contributed by atoms with Gasteiger partial charge in [-0.2, -0.15) is 4.31 Å². The minimum absolute atomic E-state index is 0.304. The van der Waals surface area contributed by atoms with E-state index >= 15 is 0 Å². The number of sulfonamides is 1. The molecule has 1 aliphatic rings. The van der Waals surface area contributed by atoms with Gasteiger partial charge in [0.2, 0.25) is 15.9 Å². The molecule has 128 valence electrons.